The number of likely N-dealkylation sites (tertiary alicyclic amines) is 1. The summed E-state index contributed by atoms with van der Waals surface area (Å²) in [6.07, 6.45) is 2.44. The number of hydrogen-bond acceptors (Lipinski definition) is 4. The molecule has 1 aromatic carbocycles. The first-order valence-corrected chi connectivity index (χ1v) is 7.12. The lowest BCUT2D eigenvalue weighted by Gasteiger charge is -2.33. The Morgan fingerprint density at radius 3 is 2.57 bits per heavy atom. The van der Waals surface area contributed by atoms with Crippen molar-refractivity contribution >= 4 is 11.8 Å². The zero-order valence-electron chi connectivity index (χ0n) is 12.0. The van der Waals surface area contributed by atoms with Gasteiger partial charge in [0, 0.05) is 13.1 Å². The van der Waals surface area contributed by atoms with Gasteiger partial charge in [-0.15, -0.1) is 0 Å². The minimum absolute atomic E-state index is 0.0915. The lowest BCUT2D eigenvalue weighted by molar-refractivity contribution is -0.142. The van der Waals surface area contributed by atoms with Crippen LogP contribution >= 0.6 is 0 Å². The quantitative estimate of drug-likeness (QED) is 0.819. The molecule has 2 rings (SSSR count). The van der Waals surface area contributed by atoms with E-state index >= 15 is 0 Å². The van der Waals surface area contributed by atoms with E-state index in [1.807, 2.05) is 12.1 Å². The van der Waals surface area contributed by atoms with Gasteiger partial charge in [0.1, 0.15) is 11.8 Å². The van der Waals surface area contributed by atoms with Crippen LogP contribution in [-0.4, -0.2) is 35.9 Å². The minimum atomic E-state index is -0.505. The maximum Gasteiger partial charge on any atom is 0.261 e. The van der Waals surface area contributed by atoms with Crippen LogP contribution in [0.5, 0.6) is 5.75 Å². The number of ether oxygens (including phenoxy) is 1. The highest BCUT2D eigenvalue weighted by molar-refractivity contribution is 5.87. The SMILES string of the molecule is NCc1ccc(OCC(=O)N2CCCCC2C(N)=O)cc1. The topological polar surface area (TPSA) is 98.7 Å². The third-order valence-electron chi connectivity index (χ3n) is 3.67. The summed E-state index contributed by atoms with van der Waals surface area (Å²) in [7, 11) is 0. The molecule has 1 aromatic rings. The molecule has 0 bridgehead atoms. The van der Waals surface area contributed by atoms with Crippen molar-refractivity contribution in [2.45, 2.75) is 31.8 Å². The molecule has 1 fully saturated rings. The fourth-order valence-electron chi connectivity index (χ4n) is 2.48. The average Bonchev–Trinajstić information content (AvgIpc) is 2.53. The van der Waals surface area contributed by atoms with E-state index in [0.29, 0.717) is 25.3 Å². The van der Waals surface area contributed by atoms with E-state index in [-0.39, 0.29) is 12.5 Å². The molecule has 1 unspecified atom stereocenters. The third-order valence-corrected chi connectivity index (χ3v) is 3.67. The van der Waals surface area contributed by atoms with Gasteiger partial charge in [-0.2, -0.15) is 0 Å². The Morgan fingerprint density at radius 2 is 1.95 bits per heavy atom. The highest BCUT2D eigenvalue weighted by Crippen LogP contribution is 2.18. The molecule has 1 aliphatic heterocycles. The molecule has 1 heterocycles. The molecular formula is C15H21N3O3. The second-order valence-corrected chi connectivity index (χ2v) is 5.14. The molecule has 4 N–H and O–H groups in total. The zero-order valence-corrected chi connectivity index (χ0v) is 12.0. The summed E-state index contributed by atoms with van der Waals surface area (Å²) in [6.45, 7) is 0.931. The summed E-state index contributed by atoms with van der Waals surface area (Å²) in [5, 5.41) is 0. The number of nitrogens with two attached hydrogens (primary N) is 2. The molecule has 1 atom stereocenters. The van der Waals surface area contributed by atoms with Gasteiger partial charge in [0.05, 0.1) is 0 Å². The largest absolute Gasteiger partial charge is 0.484 e. The Balaban J connectivity index is 1.91. The van der Waals surface area contributed by atoms with Gasteiger partial charge in [-0.1, -0.05) is 12.1 Å². The van der Waals surface area contributed by atoms with E-state index in [0.717, 1.165) is 18.4 Å². The van der Waals surface area contributed by atoms with Crippen molar-refractivity contribution in [2.75, 3.05) is 13.2 Å². The Kier molecular flexibility index (Phi) is 5.16. The lowest BCUT2D eigenvalue weighted by Crippen LogP contribution is -2.51. The molecule has 0 aliphatic carbocycles. The van der Waals surface area contributed by atoms with Crippen molar-refractivity contribution in [3.63, 3.8) is 0 Å². The zero-order chi connectivity index (χ0) is 15.2. The number of hydrogen-bond donors (Lipinski definition) is 2. The highest BCUT2D eigenvalue weighted by atomic mass is 16.5. The molecule has 6 heteroatoms. The van der Waals surface area contributed by atoms with Gasteiger partial charge in [0.15, 0.2) is 6.61 Å². The van der Waals surface area contributed by atoms with Gasteiger partial charge in [0.25, 0.3) is 5.91 Å². The maximum absolute atomic E-state index is 12.2. The van der Waals surface area contributed by atoms with Crippen LogP contribution in [0.2, 0.25) is 0 Å². The van der Waals surface area contributed by atoms with Gasteiger partial charge in [-0.05, 0) is 37.0 Å². The summed E-state index contributed by atoms with van der Waals surface area (Å²) in [4.78, 5) is 25.1. The van der Waals surface area contributed by atoms with E-state index in [4.69, 9.17) is 16.2 Å². The van der Waals surface area contributed by atoms with E-state index < -0.39 is 11.9 Å². The predicted molar refractivity (Wildman–Crippen MR) is 78.4 cm³/mol. The first kappa shape index (κ1) is 15.3. The number of carbonyl (C=O) groups excluding carboxylic acids is 2. The van der Waals surface area contributed by atoms with Gasteiger partial charge in [0.2, 0.25) is 5.91 Å². The standard InChI is InChI=1S/C15H21N3O3/c16-9-11-4-6-12(7-5-11)21-10-14(19)18-8-2-1-3-13(18)15(17)20/h4-7,13H,1-3,8-10,16H2,(H2,17,20). The van der Waals surface area contributed by atoms with Crippen LogP contribution in [0.3, 0.4) is 0 Å². The van der Waals surface area contributed by atoms with E-state index in [1.165, 1.54) is 4.90 Å². The molecule has 0 saturated carbocycles. The lowest BCUT2D eigenvalue weighted by atomic mass is 10.0. The summed E-state index contributed by atoms with van der Waals surface area (Å²) < 4.78 is 5.46. The van der Waals surface area contributed by atoms with E-state index in [2.05, 4.69) is 0 Å². The monoisotopic (exact) mass is 291 g/mol. The number of carbonyl (C=O) groups is 2. The van der Waals surface area contributed by atoms with Crippen molar-refractivity contribution < 1.29 is 14.3 Å². The molecule has 21 heavy (non-hydrogen) atoms. The number of amides is 2. The molecule has 6 nitrogen and oxygen atoms in total. The van der Waals surface area contributed by atoms with Crippen LogP contribution in [0.1, 0.15) is 24.8 Å². The molecule has 0 spiro atoms. The molecule has 0 radical (unpaired) electrons. The fraction of sp³-hybridized carbons (Fsp3) is 0.467. The van der Waals surface area contributed by atoms with Crippen LogP contribution in [0.4, 0.5) is 0 Å². The normalized spacial score (nSPS) is 18.3. The summed E-state index contributed by atoms with van der Waals surface area (Å²) in [5.74, 6) is -0.0510. The summed E-state index contributed by atoms with van der Waals surface area (Å²) in [5.41, 5.74) is 11.9. The summed E-state index contributed by atoms with van der Waals surface area (Å²) >= 11 is 0. The number of primary amides is 1. The first-order chi connectivity index (χ1) is 10.1. The highest BCUT2D eigenvalue weighted by Gasteiger charge is 2.30. The fourth-order valence-corrected chi connectivity index (χ4v) is 2.48. The van der Waals surface area contributed by atoms with Crippen LogP contribution in [0.15, 0.2) is 24.3 Å². The summed E-state index contributed by atoms with van der Waals surface area (Å²) in [6, 6.07) is 6.75. The predicted octanol–water partition coefficient (Wildman–Crippen LogP) is 0.390. The number of benzene rings is 1. The Morgan fingerprint density at radius 1 is 1.24 bits per heavy atom. The van der Waals surface area contributed by atoms with Gasteiger partial charge >= 0.3 is 0 Å². The Labute approximate surface area is 124 Å². The Hall–Kier alpha value is -2.08. The molecule has 1 saturated heterocycles. The van der Waals surface area contributed by atoms with Gasteiger partial charge in [-0.25, -0.2) is 0 Å². The van der Waals surface area contributed by atoms with Crippen molar-refractivity contribution in [3.8, 4) is 5.75 Å². The smallest absolute Gasteiger partial charge is 0.261 e. The Bertz CT molecular complexity index is 501. The van der Waals surface area contributed by atoms with E-state index in [1.54, 1.807) is 12.1 Å². The number of piperidine rings is 1. The maximum atomic E-state index is 12.2. The number of nitrogens with zero attached hydrogens (tertiary/aromatic N) is 1. The van der Waals surface area contributed by atoms with Crippen LogP contribution in [0.25, 0.3) is 0 Å². The van der Waals surface area contributed by atoms with Crippen molar-refractivity contribution in [1.29, 1.82) is 0 Å². The van der Waals surface area contributed by atoms with Gasteiger partial charge in [-0.3, -0.25) is 9.59 Å². The van der Waals surface area contributed by atoms with Gasteiger partial charge < -0.3 is 21.1 Å². The van der Waals surface area contributed by atoms with Crippen molar-refractivity contribution in [3.05, 3.63) is 29.8 Å². The van der Waals surface area contributed by atoms with Crippen LogP contribution in [-0.2, 0) is 16.1 Å². The van der Waals surface area contributed by atoms with Crippen molar-refractivity contribution in [2.24, 2.45) is 11.5 Å². The minimum Gasteiger partial charge on any atom is -0.484 e. The first-order valence-electron chi connectivity index (χ1n) is 7.12. The second-order valence-electron chi connectivity index (χ2n) is 5.14. The third kappa shape index (κ3) is 3.95. The molecule has 114 valence electrons. The number of rotatable bonds is 5. The molecular weight excluding hydrogens is 270 g/mol. The van der Waals surface area contributed by atoms with Crippen LogP contribution in [0, 0.1) is 0 Å². The van der Waals surface area contributed by atoms with Crippen LogP contribution < -0.4 is 16.2 Å². The molecule has 0 aromatic heterocycles. The van der Waals surface area contributed by atoms with Crippen molar-refractivity contribution in [1.82, 2.24) is 4.90 Å². The molecule has 2 amide bonds. The molecule has 1 aliphatic rings. The van der Waals surface area contributed by atoms with E-state index in [9.17, 15) is 9.59 Å². The average molecular weight is 291 g/mol. The second kappa shape index (κ2) is 7.08.